The molecule has 0 atom stereocenters. The number of aromatic amines is 1. The first-order valence-corrected chi connectivity index (χ1v) is 4.84. The first kappa shape index (κ1) is 10.0. The largest absolute Gasteiger partial charge is 0.327 e. The van der Waals surface area contributed by atoms with Gasteiger partial charge in [-0.05, 0) is 0 Å². The molecule has 0 aliphatic carbocycles. The van der Waals surface area contributed by atoms with E-state index in [1.807, 2.05) is 12.2 Å². The topological polar surface area (TPSA) is 71.8 Å². The molecule has 0 aliphatic heterocycles. The lowest BCUT2D eigenvalue weighted by Gasteiger charge is -1.94. The number of nitrogens with two attached hydrogens (primary N) is 1. The lowest BCUT2D eigenvalue weighted by atomic mass is 10.5. The SMILES string of the molecule is NCC=CCSc1nccc(=O)[nH]1. The van der Waals surface area contributed by atoms with Crippen molar-refractivity contribution < 1.29 is 0 Å². The molecule has 1 aromatic rings. The average Bonchev–Trinajstić information content (AvgIpc) is 2.13. The van der Waals surface area contributed by atoms with Crippen molar-refractivity contribution in [3.05, 3.63) is 34.8 Å². The average molecular weight is 197 g/mol. The molecule has 0 saturated carbocycles. The Morgan fingerprint density at radius 3 is 3.15 bits per heavy atom. The van der Waals surface area contributed by atoms with Gasteiger partial charge in [0, 0.05) is 24.6 Å². The van der Waals surface area contributed by atoms with E-state index in [2.05, 4.69) is 9.97 Å². The molecule has 70 valence electrons. The third-order valence-electron chi connectivity index (χ3n) is 1.27. The molecule has 4 nitrogen and oxygen atoms in total. The smallest absolute Gasteiger partial charge is 0.251 e. The second kappa shape index (κ2) is 5.55. The monoisotopic (exact) mass is 197 g/mol. The van der Waals surface area contributed by atoms with Crippen molar-refractivity contribution in [2.75, 3.05) is 12.3 Å². The summed E-state index contributed by atoms with van der Waals surface area (Å²) in [6.45, 7) is 0.541. The number of H-pyrrole nitrogens is 1. The lowest BCUT2D eigenvalue weighted by molar-refractivity contribution is 0.938. The highest BCUT2D eigenvalue weighted by Crippen LogP contribution is 2.08. The summed E-state index contributed by atoms with van der Waals surface area (Å²) in [4.78, 5) is 17.4. The maximum absolute atomic E-state index is 10.8. The molecule has 0 spiro atoms. The van der Waals surface area contributed by atoms with Crippen molar-refractivity contribution in [2.45, 2.75) is 5.16 Å². The second-order valence-electron chi connectivity index (χ2n) is 2.26. The zero-order chi connectivity index (χ0) is 9.52. The first-order valence-electron chi connectivity index (χ1n) is 3.86. The molecule has 13 heavy (non-hydrogen) atoms. The van der Waals surface area contributed by atoms with Crippen LogP contribution in [0.4, 0.5) is 0 Å². The molecule has 0 amide bonds. The van der Waals surface area contributed by atoms with E-state index >= 15 is 0 Å². The Morgan fingerprint density at radius 2 is 2.46 bits per heavy atom. The molecule has 0 saturated heterocycles. The molecule has 1 rings (SSSR count). The van der Waals surface area contributed by atoms with Crippen LogP contribution in [0.3, 0.4) is 0 Å². The highest BCUT2D eigenvalue weighted by Gasteiger charge is 1.92. The standard InChI is InChI=1S/C8H11N3OS/c9-4-1-2-6-13-8-10-5-3-7(12)11-8/h1-3,5H,4,6,9H2,(H,10,11,12). The number of nitrogens with zero attached hydrogens (tertiary/aromatic N) is 1. The fraction of sp³-hybridized carbons (Fsp3) is 0.250. The summed E-state index contributed by atoms with van der Waals surface area (Å²) >= 11 is 1.47. The lowest BCUT2D eigenvalue weighted by Crippen LogP contribution is -2.05. The zero-order valence-corrected chi connectivity index (χ0v) is 7.88. The molecular weight excluding hydrogens is 186 g/mol. The van der Waals surface area contributed by atoms with Crippen molar-refractivity contribution >= 4 is 11.8 Å². The number of rotatable bonds is 4. The van der Waals surface area contributed by atoms with E-state index in [1.165, 1.54) is 24.0 Å². The van der Waals surface area contributed by atoms with Crippen molar-refractivity contribution in [1.82, 2.24) is 9.97 Å². The predicted octanol–water partition coefficient (Wildman–Crippen LogP) is 0.377. The molecule has 3 N–H and O–H groups in total. The van der Waals surface area contributed by atoms with Crippen molar-refractivity contribution in [3.63, 3.8) is 0 Å². The van der Waals surface area contributed by atoms with Gasteiger partial charge in [-0.15, -0.1) is 0 Å². The summed E-state index contributed by atoms with van der Waals surface area (Å²) in [7, 11) is 0. The van der Waals surface area contributed by atoms with Crippen molar-refractivity contribution in [1.29, 1.82) is 0 Å². The summed E-state index contributed by atoms with van der Waals surface area (Å²) in [5.41, 5.74) is 5.14. The van der Waals surface area contributed by atoms with Crippen LogP contribution in [0, 0.1) is 0 Å². The van der Waals surface area contributed by atoms with Gasteiger partial charge in [0.15, 0.2) is 5.16 Å². The maximum Gasteiger partial charge on any atom is 0.251 e. The number of nitrogens with one attached hydrogen (secondary N) is 1. The Morgan fingerprint density at radius 1 is 1.62 bits per heavy atom. The molecule has 1 aromatic heterocycles. The maximum atomic E-state index is 10.8. The van der Waals surface area contributed by atoms with Crippen LogP contribution in [-0.2, 0) is 0 Å². The van der Waals surface area contributed by atoms with Gasteiger partial charge in [-0.25, -0.2) is 4.98 Å². The first-order chi connectivity index (χ1) is 6.33. The molecule has 0 fully saturated rings. The van der Waals surface area contributed by atoms with E-state index < -0.39 is 0 Å². The Balaban J connectivity index is 2.45. The molecule has 1 heterocycles. The van der Waals surface area contributed by atoms with Gasteiger partial charge >= 0.3 is 0 Å². The summed E-state index contributed by atoms with van der Waals surface area (Å²) in [6, 6.07) is 1.39. The summed E-state index contributed by atoms with van der Waals surface area (Å²) in [5.74, 6) is 0.768. The van der Waals surface area contributed by atoms with E-state index in [0.29, 0.717) is 11.7 Å². The fourth-order valence-electron chi connectivity index (χ4n) is 0.717. The Labute approximate surface area is 80.3 Å². The molecule has 5 heteroatoms. The van der Waals surface area contributed by atoms with Gasteiger partial charge in [0.05, 0.1) is 0 Å². The molecule has 0 aliphatic rings. The van der Waals surface area contributed by atoms with Crippen LogP contribution < -0.4 is 11.3 Å². The molecule has 0 unspecified atom stereocenters. The highest BCUT2D eigenvalue weighted by atomic mass is 32.2. The molecule has 0 aromatic carbocycles. The van der Waals surface area contributed by atoms with Gasteiger partial charge in [0.25, 0.3) is 5.56 Å². The third kappa shape index (κ3) is 3.91. The van der Waals surface area contributed by atoms with Crippen LogP contribution in [0.25, 0.3) is 0 Å². The normalized spacial score (nSPS) is 10.8. The van der Waals surface area contributed by atoms with Gasteiger partial charge in [0.1, 0.15) is 0 Å². The fourth-order valence-corrected chi connectivity index (χ4v) is 1.41. The summed E-state index contributed by atoms with van der Waals surface area (Å²) in [6.07, 6.45) is 5.31. The number of aromatic nitrogens is 2. The van der Waals surface area contributed by atoms with Gasteiger partial charge in [-0.1, -0.05) is 23.9 Å². The Bertz CT molecular complexity index is 334. The number of thioether (sulfide) groups is 1. The van der Waals surface area contributed by atoms with E-state index in [9.17, 15) is 4.79 Å². The summed E-state index contributed by atoms with van der Waals surface area (Å²) < 4.78 is 0. The van der Waals surface area contributed by atoms with E-state index in [0.717, 1.165) is 5.75 Å². The summed E-state index contributed by atoms with van der Waals surface area (Å²) in [5, 5.41) is 0.633. The van der Waals surface area contributed by atoms with Gasteiger partial charge in [0.2, 0.25) is 0 Å². The van der Waals surface area contributed by atoms with E-state index in [-0.39, 0.29) is 5.56 Å². The van der Waals surface area contributed by atoms with Crippen molar-refractivity contribution in [2.24, 2.45) is 5.73 Å². The second-order valence-corrected chi connectivity index (χ2v) is 3.27. The Kier molecular flexibility index (Phi) is 4.28. The third-order valence-corrected chi connectivity index (χ3v) is 2.11. The minimum Gasteiger partial charge on any atom is -0.327 e. The zero-order valence-electron chi connectivity index (χ0n) is 7.06. The molecular formula is C8H11N3OS. The predicted molar refractivity (Wildman–Crippen MR) is 53.8 cm³/mol. The minimum absolute atomic E-state index is 0.125. The number of hydrogen-bond acceptors (Lipinski definition) is 4. The van der Waals surface area contributed by atoms with Crippen LogP contribution in [0.1, 0.15) is 0 Å². The molecule has 0 radical (unpaired) electrons. The van der Waals surface area contributed by atoms with Crippen LogP contribution in [0.15, 0.2) is 34.4 Å². The highest BCUT2D eigenvalue weighted by molar-refractivity contribution is 7.99. The van der Waals surface area contributed by atoms with Crippen LogP contribution in [0.5, 0.6) is 0 Å². The minimum atomic E-state index is -0.125. The van der Waals surface area contributed by atoms with E-state index in [4.69, 9.17) is 5.73 Å². The quantitative estimate of drug-likeness (QED) is 0.416. The van der Waals surface area contributed by atoms with E-state index in [1.54, 1.807) is 0 Å². The number of hydrogen-bond donors (Lipinski definition) is 2. The molecule has 0 bridgehead atoms. The van der Waals surface area contributed by atoms with Gasteiger partial charge in [-0.2, -0.15) is 0 Å². The van der Waals surface area contributed by atoms with Crippen LogP contribution in [0.2, 0.25) is 0 Å². The van der Waals surface area contributed by atoms with Crippen LogP contribution in [-0.4, -0.2) is 22.3 Å². The van der Waals surface area contributed by atoms with Crippen LogP contribution >= 0.6 is 11.8 Å². The van der Waals surface area contributed by atoms with Gasteiger partial charge < -0.3 is 10.7 Å². The van der Waals surface area contributed by atoms with Crippen molar-refractivity contribution in [3.8, 4) is 0 Å². The Hall–Kier alpha value is -1.07. The van der Waals surface area contributed by atoms with Gasteiger partial charge in [-0.3, -0.25) is 4.79 Å².